The molecule has 1 nitrogen and oxygen atoms in total. The number of nitrogens with zero attached hydrogens (tertiary/aromatic N) is 1. The summed E-state index contributed by atoms with van der Waals surface area (Å²) < 4.78 is 0. The Bertz CT molecular complexity index is 341. The van der Waals surface area contributed by atoms with Gasteiger partial charge in [0.1, 0.15) is 0 Å². The summed E-state index contributed by atoms with van der Waals surface area (Å²) in [7, 11) is 0. The number of aliphatic imine (C=N–C) groups is 1. The molecule has 0 aliphatic carbocycles. The molecule has 0 spiro atoms. The van der Waals surface area contributed by atoms with Crippen LogP contribution in [0.1, 0.15) is 31.7 Å². The molecule has 0 bridgehead atoms. The van der Waals surface area contributed by atoms with Crippen LogP contribution in [-0.4, -0.2) is 12.8 Å². The van der Waals surface area contributed by atoms with Crippen LogP contribution in [0.3, 0.4) is 0 Å². The third-order valence-electron chi connectivity index (χ3n) is 1.99. The van der Waals surface area contributed by atoms with E-state index in [1.54, 1.807) is 0 Å². The molecular weight excluding hydrogens is 182 g/mol. The lowest BCUT2D eigenvalue weighted by Crippen LogP contribution is -1.81. The molecule has 0 aliphatic rings. The summed E-state index contributed by atoms with van der Waals surface area (Å²) in [6.45, 7) is 2.79. The third kappa shape index (κ3) is 5.70. The Hall–Kier alpha value is -1.55. The molecule has 1 aromatic carbocycles. The SMILES string of the molecule is CCCCC#CC/N=C/c1ccccc1. The van der Waals surface area contributed by atoms with Crippen molar-refractivity contribution in [3.05, 3.63) is 35.9 Å². The summed E-state index contributed by atoms with van der Waals surface area (Å²) in [5.74, 6) is 6.15. The van der Waals surface area contributed by atoms with Crippen molar-refractivity contribution in [1.29, 1.82) is 0 Å². The van der Waals surface area contributed by atoms with Gasteiger partial charge in [-0.1, -0.05) is 49.6 Å². The molecule has 0 atom stereocenters. The Kier molecular flexibility index (Phi) is 6.01. The highest BCUT2D eigenvalue weighted by Crippen LogP contribution is 1.93. The molecule has 0 unspecified atom stereocenters. The maximum atomic E-state index is 4.24. The fourth-order valence-electron chi connectivity index (χ4n) is 1.15. The van der Waals surface area contributed by atoms with Crippen molar-refractivity contribution >= 4 is 6.21 Å². The average molecular weight is 199 g/mol. The second-order valence-corrected chi connectivity index (χ2v) is 3.34. The van der Waals surface area contributed by atoms with Gasteiger partial charge in [-0.15, -0.1) is 5.92 Å². The van der Waals surface area contributed by atoms with Gasteiger partial charge in [0.25, 0.3) is 0 Å². The molecule has 0 N–H and O–H groups in total. The molecule has 0 saturated carbocycles. The van der Waals surface area contributed by atoms with Crippen molar-refractivity contribution in [3.63, 3.8) is 0 Å². The quantitative estimate of drug-likeness (QED) is 0.401. The summed E-state index contributed by atoms with van der Waals surface area (Å²) >= 11 is 0. The first kappa shape index (κ1) is 11.5. The van der Waals surface area contributed by atoms with Crippen LogP contribution in [0, 0.1) is 11.8 Å². The largest absolute Gasteiger partial charge is 0.280 e. The Morgan fingerprint density at radius 1 is 1.20 bits per heavy atom. The van der Waals surface area contributed by atoms with E-state index in [9.17, 15) is 0 Å². The van der Waals surface area contributed by atoms with Crippen molar-refractivity contribution in [2.75, 3.05) is 6.54 Å². The van der Waals surface area contributed by atoms with Crippen LogP contribution < -0.4 is 0 Å². The van der Waals surface area contributed by atoms with Gasteiger partial charge in [0, 0.05) is 12.6 Å². The fourth-order valence-corrected chi connectivity index (χ4v) is 1.15. The van der Waals surface area contributed by atoms with E-state index < -0.39 is 0 Å². The number of hydrogen-bond donors (Lipinski definition) is 0. The minimum atomic E-state index is 0.610. The first-order chi connectivity index (χ1) is 7.43. The van der Waals surface area contributed by atoms with Crippen molar-refractivity contribution in [1.82, 2.24) is 0 Å². The van der Waals surface area contributed by atoms with Crippen LogP contribution >= 0.6 is 0 Å². The minimum Gasteiger partial charge on any atom is -0.280 e. The molecule has 0 aliphatic heterocycles. The Morgan fingerprint density at radius 2 is 2.00 bits per heavy atom. The molecule has 0 fully saturated rings. The number of benzene rings is 1. The predicted molar refractivity (Wildman–Crippen MR) is 66.2 cm³/mol. The molecule has 15 heavy (non-hydrogen) atoms. The molecule has 0 saturated heterocycles. The van der Waals surface area contributed by atoms with Crippen LogP contribution in [0.25, 0.3) is 0 Å². The summed E-state index contributed by atoms with van der Waals surface area (Å²) in [5, 5.41) is 0. The summed E-state index contributed by atoms with van der Waals surface area (Å²) in [5.41, 5.74) is 1.13. The van der Waals surface area contributed by atoms with Crippen LogP contribution in [0.4, 0.5) is 0 Å². The second-order valence-electron chi connectivity index (χ2n) is 3.34. The first-order valence-corrected chi connectivity index (χ1v) is 5.44. The van der Waals surface area contributed by atoms with E-state index in [2.05, 4.69) is 23.8 Å². The smallest absolute Gasteiger partial charge is 0.0997 e. The van der Waals surface area contributed by atoms with E-state index in [1.807, 2.05) is 36.5 Å². The van der Waals surface area contributed by atoms with Crippen molar-refractivity contribution in [2.24, 2.45) is 4.99 Å². The van der Waals surface area contributed by atoms with E-state index in [0.717, 1.165) is 12.0 Å². The van der Waals surface area contributed by atoms with E-state index in [4.69, 9.17) is 0 Å². The Labute approximate surface area is 92.2 Å². The van der Waals surface area contributed by atoms with Crippen LogP contribution in [0.5, 0.6) is 0 Å². The average Bonchev–Trinajstić information content (AvgIpc) is 2.29. The second kappa shape index (κ2) is 7.82. The first-order valence-electron chi connectivity index (χ1n) is 5.44. The van der Waals surface area contributed by atoms with Gasteiger partial charge >= 0.3 is 0 Å². The maximum absolute atomic E-state index is 4.24. The Morgan fingerprint density at radius 3 is 2.73 bits per heavy atom. The van der Waals surface area contributed by atoms with Gasteiger partial charge in [-0.25, -0.2) is 0 Å². The van der Waals surface area contributed by atoms with Gasteiger partial charge in [0.05, 0.1) is 6.54 Å². The molecule has 0 aromatic heterocycles. The summed E-state index contributed by atoms with van der Waals surface area (Å²) in [6, 6.07) is 10.1. The van der Waals surface area contributed by atoms with Crippen molar-refractivity contribution in [2.45, 2.75) is 26.2 Å². The van der Waals surface area contributed by atoms with Gasteiger partial charge in [0.15, 0.2) is 0 Å². The highest BCUT2D eigenvalue weighted by atomic mass is 14.7. The lowest BCUT2D eigenvalue weighted by molar-refractivity contribution is 0.827. The highest BCUT2D eigenvalue weighted by Gasteiger charge is 1.81. The molecule has 0 heterocycles. The van der Waals surface area contributed by atoms with Gasteiger partial charge in [-0.05, 0) is 12.0 Å². The van der Waals surface area contributed by atoms with Crippen molar-refractivity contribution in [3.8, 4) is 11.8 Å². The molecular formula is C14H17N. The monoisotopic (exact) mass is 199 g/mol. The van der Waals surface area contributed by atoms with Gasteiger partial charge in [0.2, 0.25) is 0 Å². The maximum Gasteiger partial charge on any atom is 0.0997 e. The van der Waals surface area contributed by atoms with E-state index >= 15 is 0 Å². The fraction of sp³-hybridized carbons (Fsp3) is 0.357. The van der Waals surface area contributed by atoms with Gasteiger partial charge < -0.3 is 0 Å². The Balaban J connectivity index is 2.24. The number of unbranched alkanes of at least 4 members (excludes halogenated alkanes) is 2. The van der Waals surface area contributed by atoms with E-state index in [1.165, 1.54) is 12.8 Å². The summed E-state index contributed by atoms with van der Waals surface area (Å²) in [4.78, 5) is 4.24. The molecule has 1 heteroatoms. The standard InChI is InChI=1S/C14H17N/c1-2-3-4-5-9-12-15-13-14-10-7-6-8-11-14/h6-8,10-11,13H,2-4,12H2,1H3/b15-13+. The zero-order valence-corrected chi connectivity index (χ0v) is 9.24. The topological polar surface area (TPSA) is 12.4 Å². The third-order valence-corrected chi connectivity index (χ3v) is 1.99. The zero-order chi connectivity index (χ0) is 10.8. The van der Waals surface area contributed by atoms with Crippen LogP contribution in [0.15, 0.2) is 35.3 Å². The molecule has 0 radical (unpaired) electrons. The zero-order valence-electron chi connectivity index (χ0n) is 9.24. The number of rotatable bonds is 4. The molecule has 0 amide bonds. The molecule has 1 rings (SSSR count). The minimum absolute atomic E-state index is 0.610. The van der Waals surface area contributed by atoms with Gasteiger partial charge in [-0.2, -0.15) is 0 Å². The normalized spacial score (nSPS) is 9.93. The summed E-state index contributed by atoms with van der Waals surface area (Å²) in [6.07, 6.45) is 5.27. The van der Waals surface area contributed by atoms with Crippen LogP contribution in [-0.2, 0) is 0 Å². The number of hydrogen-bond acceptors (Lipinski definition) is 1. The van der Waals surface area contributed by atoms with Gasteiger partial charge in [-0.3, -0.25) is 4.99 Å². The molecule has 78 valence electrons. The lowest BCUT2D eigenvalue weighted by Gasteiger charge is -1.88. The van der Waals surface area contributed by atoms with E-state index in [0.29, 0.717) is 6.54 Å². The van der Waals surface area contributed by atoms with Crippen LogP contribution in [0.2, 0.25) is 0 Å². The van der Waals surface area contributed by atoms with E-state index in [-0.39, 0.29) is 0 Å². The lowest BCUT2D eigenvalue weighted by atomic mass is 10.2. The molecule has 1 aromatic rings. The van der Waals surface area contributed by atoms with Crippen molar-refractivity contribution < 1.29 is 0 Å². The highest BCUT2D eigenvalue weighted by molar-refractivity contribution is 5.79. The predicted octanol–water partition coefficient (Wildman–Crippen LogP) is 3.30.